The maximum Gasteiger partial charge on any atom is 0.153 e. The maximum absolute atomic E-state index is 13.5. The third-order valence-electron chi connectivity index (χ3n) is 2.81. The minimum atomic E-state index is -0.739. The van der Waals surface area contributed by atoms with Crippen LogP contribution in [0.3, 0.4) is 0 Å². The number of anilines is 1. The van der Waals surface area contributed by atoms with Crippen molar-refractivity contribution in [1.82, 2.24) is 9.97 Å². The van der Waals surface area contributed by atoms with E-state index in [0.29, 0.717) is 11.4 Å². The molecule has 1 aromatic heterocycles. The van der Waals surface area contributed by atoms with E-state index in [1.54, 1.807) is 6.07 Å². The molecule has 0 radical (unpaired) electrons. The number of benzene rings is 2. The largest absolute Gasteiger partial charge is 0.506 e. The molecule has 0 aliphatic carbocycles. The molecule has 1 heterocycles. The molecule has 4 N–H and O–H groups in total. The molecule has 2 aromatic carbocycles. The average Bonchev–Trinajstić information content (AvgIpc) is 2.76. The van der Waals surface area contributed by atoms with E-state index in [1.807, 2.05) is 0 Å². The molecular weight excluding hydrogens is 252 g/mol. The van der Waals surface area contributed by atoms with Crippen molar-refractivity contribution in [1.29, 1.82) is 0 Å². The minimum absolute atomic E-state index is 0.0488. The summed E-state index contributed by atoms with van der Waals surface area (Å²) < 4.78 is 26.6. The summed E-state index contributed by atoms with van der Waals surface area (Å²) in [6, 6.07) is 6.47. The van der Waals surface area contributed by atoms with E-state index in [4.69, 9.17) is 5.73 Å². The first kappa shape index (κ1) is 11.5. The van der Waals surface area contributed by atoms with Crippen LogP contribution in [-0.4, -0.2) is 15.1 Å². The van der Waals surface area contributed by atoms with Crippen molar-refractivity contribution in [3.8, 4) is 17.1 Å². The van der Waals surface area contributed by atoms with Crippen LogP contribution in [0.1, 0.15) is 0 Å². The average molecular weight is 261 g/mol. The second kappa shape index (κ2) is 3.94. The lowest BCUT2D eigenvalue weighted by Gasteiger charge is -2.00. The van der Waals surface area contributed by atoms with Gasteiger partial charge in [0.1, 0.15) is 22.9 Å². The number of aromatic hydroxyl groups is 1. The fourth-order valence-corrected chi connectivity index (χ4v) is 1.87. The Balaban J connectivity index is 2.20. The van der Waals surface area contributed by atoms with Crippen LogP contribution in [0.15, 0.2) is 30.3 Å². The first-order chi connectivity index (χ1) is 9.04. The number of aromatic amines is 1. The number of nitrogen functional groups attached to an aromatic ring is 1. The normalized spacial score (nSPS) is 11.1. The molecule has 0 bridgehead atoms. The number of nitrogens with zero attached hydrogens (tertiary/aromatic N) is 1. The highest BCUT2D eigenvalue weighted by molar-refractivity contribution is 5.80. The monoisotopic (exact) mass is 261 g/mol. The molecule has 3 rings (SSSR count). The van der Waals surface area contributed by atoms with Crippen LogP contribution in [0, 0.1) is 11.6 Å². The Hall–Kier alpha value is -2.63. The number of imidazole rings is 1. The summed E-state index contributed by atoms with van der Waals surface area (Å²) in [5.74, 6) is -1.18. The van der Waals surface area contributed by atoms with Gasteiger partial charge in [0.2, 0.25) is 0 Å². The molecule has 0 aliphatic rings. The molecule has 4 nitrogen and oxygen atoms in total. The van der Waals surface area contributed by atoms with E-state index >= 15 is 0 Å². The van der Waals surface area contributed by atoms with Gasteiger partial charge in [-0.2, -0.15) is 0 Å². The van der Waals surface area contributed by atoms with E-state index in [1.165, 1.54) is 12.1 Å². The molecule has 0 aliphatic heterocycles. The number of fused-ring (bicyclic) bond motifs is 1. The zero-order chi connectivity index (χ0) is 13.6. The smallest absolute Gasteiger partial charge is 0.153 e. The predicted octanol–water partition coefficient (Wildman–Crippen LogP) is 2.80. The molecule has 0 spiro atoms. The highest BCUT2D eigenvalue weighted by atomic mass is 19.1. The third-order valence-corrected chi connectivity index (χ3v) is 2.81. The number of hydrogen-bond donors (Lipinski definition) is 3. The summed E-state index contributed by atoms with van der Waals surface area (Å²) in [6.45, 7) is 0. The van der Waals surface area contributed by atoms with Gasteiger partial charge in [-0.1, -0.05) is 0 Å². The summed E-state index contributed by atoms with van der Waals surface area (Å²) >= 11 is 0. The van der Waals surface area contributed by atoms with Gasteiger partial charge in [0, 0.05) is 11.6 Å². The number of phenolic OH excluding ortho intramolecular Hbond substituents is 1. The molecule has 19 heavy (non-hydrogen) atoms. The van der Waals surface area contributed by atoms with Gasteiger partial charge in [-0.3, -0.25) is 0 Å². The quantitative estimate of drug-likeness (QED) is 0.465. The Kier molecular flexibility index (Phi) is 2.38. The molecule has 0 atom stereocenters. The Morgan fingerprint density at radius 1 is 1.16 bits per heavy atom. The van der Waals surface area contributed by atoms with Crippen LogP contribution >= 0.6 is 0 Å². The van der Waals surface area contributed by atoms with Crippen molar-refractivity contribution in [2.24, 2.45) is 0 Å². The van der Waals surface area contributed by atoms with Crippen LogP contribution in [0.4, 0.5) is 14.5 Å². The number of nitrogens with two attached hydrogens (primary N) is 1. The maximum atomic E-state index is 13.5. The Morgan fingerprint density at radius 2 is 1.95 bits per heavy atom. The van der Waals surface area contributed by atoms with Crippen molar-refractivity contribution in [3.05, 3.63) is 42.0 Å². The molecule has 0 saturated heterocycles. The Bertz CT molecular complexity index is 783. The fraction of sp³-hybridized carbons (Fsp3) is 0. The van der Waals surface area contributed by atoms with Gasteiger partial charge >= 0.3 is 0 Å². The number of aromatic nitrogens is 2. The lowest BCUT2D eigenvalue weighted by Crippen LogP contribution is -1.87. The van der Waals surface area contributed by atoms with Crippen LogP contribution in [0.25, 0.3) is 22.4 Å². The van der Waals surface area contributed by atoms with Gasteiger partial charge in [0.05, 0.1) is 11.2 Å². The van der Waals surface area contributed by atoms with Crippen LogP contribution < -0.4 is 5.73 Å². The first-order valence-electron chi connectivity index (χ1n) is 5.48. The number of rotatable bonds is 1. The highest BCUT2D eigenvalue weighted by Gasteiger charge is 2.11. The third kappa shape index (κ3) is 1.87. The number of phenols is 1. The summed E-state index contributed by atoms with van der Waals surface area (Å²) in [7, 11) is 0. The van der Waals surface area contributed by atoms with E-state index in [9.17, 15) is 13.9 Å². The SMILES string of the molecule is Nc1ccc(-c2nc3c(F)cc(F)cc3[nH]2)cc1O. The van der Waals surface area contributed by atoms with Crippen molar-refractivity contribution in [2.75, 3.05) is 5.73 Å². The van der Waals surface area contributed by atoms with Gasteiger partial charge in [-0.05, 0) is 24.3 Å². The molecule has 0 saturated carbocycles. The lowest BCUT2D eigenvalue weighted by atomic mass is 10.2. The molecule has 96 valence electrons. The number of halogens is 2. The predicted molar refractivity (Wildman–Crippen MR) is 67.5 cm³/mol. The van der Waals surface area contributed by atoms with E-state index in [2.05, 4.69) is 9.97 Å². The van der Waals surface area contributed by atoms with Gasteiger partial charge in [-0.15, -0.1) is 0 Å². The molecule has 0 amide bonds. The molecule has 3 aromatic rings. The summed E-state index contributed by atoms with van der Waals surface area (Å²) in [5.41, 5.74) is 6.56. The number of hydrogen-bond acceptors (Lipinski definition) is 3. The molecule has 0 unspecified atom stereocenters. The van der Waals surface area contributed by atoms with E-state index in [0.717, 1.165) is 12.1 Å². The Labute approximate surface area is 106 Å². The van der Waals surface area contributed by atoms with E-state index < -0.39 is 11.6 Å². The van der Waals surface area contributed by atoms with Crippen molar-refractivity contribution >= 4 is 16.7 Å². The van der Waals surface area contributed by atoms with Crippen LogP contribution in [-0.2, 0) is 0 Å². The topological polar surface area (TPSA) is 74.9 Å². The second-order valence-corrected chi connectivity index (χ2v) is 4.14. The summed E-state index contributed by atoms with van der Waals surface area (Å²) in [6.07, 6.45) is 0. The van der Waals surface area contributed by atoms with Crippen molar-refractivity contribution in [3.63, 3.8) is 0 Å². The Morgan fingerprint density at radius 3 is 2.68 bits per heavy atom. The number of nitrogens with one attached hydrogen (secondary N) is 1. The minimum Gasteiger partial charge on any atom is -0.506 e. The van der Waals surface area contributed by atoms with Gasteiger partial charge < -0.3 is 15.8 Å². The van der Waals surface area contributed by atoms with Gasteiger partial charge in [0.15, 0.2) is 5.82 Å². The van der Waals surface area contributed by atoms with Gasteiger partial charge in [-0.25, -0.2) is 13.8 Å². The standard InChI is InChI=1S/C13H9F2N3O/c14-7-4-8(15)12-10(5-7)17-13(18-12)6-1-2-9(16)11(19)3-6/h1-5,19H,16H2,(H,17,18). The molecule has 0 fully saturated rings. The van der Waals surface area contributed by atoms with Gasteiger partial charge in [0.25, 0.3) is 0 Å². The summed E-state index contributed by atoms with van der Waals surface area (Å²) in [4.78, 5) is 6.84. The lowest BCUT2D eigenvalue weighted by molar-refractivity contribution is 0.478. The van der Waals surface area contributed by atoms with Crippen LogP contribution in [0.2, 0.25) is 0 Å². The second-order valence-electron chi connectivity index (χ2n) is 4.14. The van der Waals surface area contributed by atoms with E-state index in [-0.39, 0.29) is 22.5 Å². The summed E-state index contributed by atoms with van der Waals surface area (Å²) in [5, 5.41) is 9.53. The zero-order valence-corrected chi connectivity index (χ0v) is 9.61. The zero-order valence-electron chi connectivity index (χ0n) is 9.61. The van der Waals surface area contributed by atoms with Crippen LogP contribution in [0.5, 0.6) is 5.75 Å². The number of H-pyrrole nitrogens is 1. The first-order valence-corrected chi connectivity index (χ1v) is 5.48. The van der Waals surface area contributed by atoms with Crippen molar-refractivity contribution in [2.45, 2.75) is 0 Å². The molecule has 6 heteroatoms. The fourth-order valence-electron chi connectivity index (χ4n) is 1.87. The molecular formula is C13H9F2N3O. The highest BCUT2D eigenvalue weighted by Crippen LogP contribution is 2.28. The van der Waals surface area contributed by atoms with Crippen molar-refractivity contribution < 1.29 is 13.9 Å².